The van der Waals surface area contributed by atoms with E-state index in [0.29, 0.717) is 10.4 Å². The summed E-state index contributed by atoms with van der Waals surface area (Å²) in [6.07, 6.45) is 1.31. The second-order valence-corrected chi connectivity index (χ2v) is 4.66. The number of fused-ring (bicyclic) bond motifs is 1. The minimum atomic E-state index is -1.02. The van der Waals surface area contributed by atoms with E-state index in [9.17, 15) is 9.59 Å². The topological polar surface area (TPSA) is 76.5 Å². The minimum Gasteiger partial charge on any atom is -0.478 e. The van der Waals surface area contributed by atoms with Gasteiger partial charge in [-0.3, -0.25) is 4.79 Å². The van der Waals surface area contributed by atoms with Crippen molar-refractivity contribution in [1.82, 2.24) is 4.98 Å². The van der Waals surface area contributed by atoms with Crippen LogP contribution in [0.15, 0.2) is 35.5 Å². The van der Waals surface area contributed by atoms with Gasteiger partial charge in [-0.15, -0.1) is 0 Å². The van der Waals surface area contributed by atoms with E-state index in [1.54, 1.807) is 24.3 Å². The van der Waals surface area contributed by atoms with Crippen LogP contribution in [0, 0.1) is 0 Å². The zero-order chi connectivity index (χ0) is 13.8. The van der Waals surface area contributed by atoms with Gasteiger partial charge >= 0.3 is 11.9 Å². The van der Waals surface area contributed by atoms with Crippen LogP contribution in [0.1, 0.15) is 10.4 Å². The number of pyridine rings is 1. The molecule has 0 saturated heterocycles. The van der Waals surface area contributed by atoms with E-state index in [1.807, 2.05) is 0 Å². The zero-order valence-electron chi connectivity index (χ0n) is 10.1. The molecule has 1 heterocycles. The number of aromatic carboxylic acids is 1. The van der Waals surface area contributed by atoms with Crippen molar-refractivity contribution in [3.8, 4) is 0 Å². The maximum absolute atomic E-state index is 11.1. The average molecular weight is 277 g/mol. The minimum absolute atomic E-state index is 0.139. The standard InChI is InChI=1S/C13H11NO4S/c1-18-11(15)7-19-12-9-5-3-2-4-8(9)10(6-14-12)13(16)17/h2-6H,7H2,1H3,(H,16,17). The highest BCUT2D eigenvalue weighted by Crippen LogP contribution is 2.28. The number of carbonyl (C=O) groups is 2. The Bertz CT molecular complexity index is 642. The van der Waals surface area contributed by atoms with E-state index in [1.165, 1.54) is 25.1 Å². The predicted octanol–water partition coefficient (Wildman–Crippen LogP) is 2.20. The Hall–Kier alpha value is -2.08. The monoisotopic (exact) mass is 277 g/mol. The van der Waals surface area contributed by atoms with Gasteiger partial charge in [-0.2, -0.15) is 0 Å². The number of ether oxygens (including phenoxy) is 1. The van der Waals surface area contributed by atoms with Gasteiger partial charge in [-0.1, -0.05) is 36.0 Å². The van der Waals surface area contributed by atoms with Crippen LogP contribution in [0.25, 0.3) is 10.8 Å². The predicted molar refractivity (Wildman–Crippen MR) is 71.4 cm³/mol. The molecule has 0 aliphatic heterocycles. The summed E-state index contributed by atoms with van der Waals surface area (Å²) in [5, 5.41) is 11.1. The van der Waals surface area contributed by atoms with Crippen molar-refractivity contribution in [3.63, 3.8) is 0 Å². The van der Waals surface area contributed by atoms with Crippen LogP contribution in [0.5, 0.6) is 0 Å². The van der Waals surface area contributed by atoms with E-state index in [0.717, 1.165) is 5.39 Å². The van der Waals surface area contributed by atoms with E-state index in [4.69, 9.17) is 5.11 Å². The number of methoxy groups -OCH3 is 1. The molecule has 0 amide bonds. The highest BCUT2D eigenvalue weighted by molar-refractivity contribution is 8.00. The molecule has 1 N–H and O–H groups in total. The molecule has 0 saturated carbocycles. The number of carbonyl (C=O) groups excluding carboxylic acids is 1. The molecule has 1 aromatic carbocycles. The number of rotatable bonds is 4. The summed E-state index contributed by atoms with van der Waals surface area (Å²) < 4.78 is 4.56. The fourth-order valence-electron chi connectivity index (χ4n) is 1.64. The number of benzene rings is 1. The number of thioether (sulfide) groups is 1. The number of nitrogens with zero attached hydrogens (tertiary/aromatic N) is 1. The van der Waals surface area contributed by atoms with Gasteiger partial charge in [-0.25, -0.2) is 9.78 Å². The Morgan fingerprint density at radius 2 is 2.00 bits per heavy atom. The lowest BCUT2D eigenvalue weighted by Gasteiger charge is -2.07. The van der Waals surface area contributed by atoms with Gasteiger partial charge in [-0.05, 0) is 0 Å². The second kappa shape index (κ2) is 5.71. The largest absolute Gasteiger partial charge is 0.478 e. The highest BCUT2D eigenvalue weighted by atomic mass is 32.2. The maximum atomic E-state index is 11.1. The molecule has 0 unspecified atom stereocenters. The first-order valence-electron chi connectivity index (χ1n) is 5.44. The van der Waals surface area contributed by atoms with Crippen LogP contribution in [0.2, 0.25) is 0 Å². The van der Waals surface area contributed by atoms with Crippen molar-refractivity contribution in [2.24, 2.45) is 0 Å². The summed E-state index contributed by atoms with van der Waals surface area (Å²) in [4.78, 5) is 26.4. The Morgan fingerprint density at radius 3 is 2.63 bits per heavy atom. The fourth-order valence-corrected chi connectivity index (χ4v) is 2.47. The molecular weight excluding hydrogens is 266 g/mol. The molecule has 2 aromatic rings. The molecule has 19 heavy (non-hydrogen) atoms. The van der Waals surface area contributed by atoms with Crippen LogP contribution in [0.4, 0.5) is 0 Å². The summed E-state index contributed by atoms with van der Waals surface area (Å²) in [5.74, 6) is -1.23. The molecule has 0 spiro atoms. The van der Waals surface area contributed by atoms with E-state index < -0.39 is 5.97 Å². The first-order valence-corrected chi connectivity index (χ1v) is 6.42. The maximum Gasteiger partial charge on any atom is 0.337 e. The number of carboxylic acids is 1. The Kier molecular flexibility index (Phi) is 4.01. The van der Waals surface area contributed by atoms with E-state index in [-0.39, 0.29) is 17.3 Å². The molecule has 0 radical (unpaired) electrons. The van der Waals surface area contributed by atoms with Crippen molar-refractivity contribution in [1.29, 1.82) is 0 Å². The highest BCUT2D eigenvalue weighted by Gasteiger charge is 2.13. The molecule has 0 fully saturated rings. The molecule has 98 valence electrons. The number of hydrogen-bond donors (Lipinski definition) is 1. The molecule has 1 aromatic heterocycles. The summed E-state index contributed by atoms with van der Waals surface area (Å²) in [7, 11) is 1.32. The third-order valence-electron chi connectivity index (χ3n) is 2.54. The number of hydrogen-bond acceptors (Lipinski definition) is 5. The summed E-state index contributed by atoms with van der Waals surface area (Å²) >= 11 is 1.22. The average Bonchev–Trinajstić information content (AvgIpc) is 2.43. The van der Waals surface area contributed by atoms with Crippen LogP contribution < -0.4 is 0 Å². The SMILES string of the molecule is COC(=O)CSc1ncc(C(=O)O)c2ccccc12. The summed E-state index contributed by atoms with van der Waals surface area (Å²) in [6, 6.07) is 7.08. The molecule has 2 rings (SSSR count). The van der Waals surface area contributed by atoms with E-state index in [2.05, 4.69) is 9.72 Å². The zero-order valence-corrected chi connectivity index (χ0v) is 10.9. The van der Waals surface area contributed by atoms with Gasteiger partial charge in [0.1, 0.15) is 5.03 Å². The van der Waals surface area contributed by atoms with Crippen molar-refractivity contribution >= 4 is 34.5 Å². The van der Waals surface area contributed by atoms with Gasteiger partial charge in [0.25, 0.3) is 0 Å². The van der Waals surface area contributed by atoms with E-state index >= 15 is 0 Å². The first kappa shape index (κ1) is 13.4. The van der Waals surface area contributed by atoms with Crippen LogP contribution >= 0.6 is 11.8 Å². The molecular formula is C13H11NO4S. The summed E-state index contributed by atoms with van der Waals surface area (Å²) in [6.45, 7) is 0. The lowest BCUT2D eigenvalue weighted by molar-refractivity contribution is -0.137. The van der Waals surface area contributed by atoms with Gasteiger partial charge in [0.05, 0.1) is 18.4 Å². The normalized spacial score (nSPS) is 10.4. The molecule has 0 atom stereocenters. The smallest absolute Gasteiger partial charge is 0.337 e. The number of esters is 1. The van der Waals surface area contributed by atoms with Crippen molar-refractivity contribution in [2.75, 3.05) is 12.9 Å². The van der Waals surface area contributed by atoms with Gasteiger partial charge < -0.3 is 9.84 Å². The Labute approximate surface area is 113 Å². The quantitative estimate of drug-likeness (QED) is 0.682. The first-order chi connectivity index (χ1) is 9.13. The third-order valence-corrected chi connectivity index (χ3v) is 3.52. The van der Waals surface area contributed by atoms with Gasteiger partial charge in [0, 0.05) is 17.0 Å². The Morgan fingerprint density at radius 1 is 1.32 bits per heavy atom. The van der Waals surface area contributed by atoms with Crippen molar-refractivity contribution in [2.45, 2.75) is 5.03 Å². The number of aromatic nitrogens is 1. The number of carboxylic acid groups (broad SMARTS) is 1. The van der Waals surface area contributed by atoms with Gasteiger partial charge in [0.15, 0.2) is 0 Å². The molecule has 0 aliphatic rings. The summed E-state index contributed by atoms with van der Waals surface area (Å²) in [5.41, 5.74) is 0.151. The molecule has 0 bridgehead atoms. The van der Waals surface area contributed by atoms with Crippen LogP contribution in [0.3, 0.4) is 0 Å². The van der Waals surface area contributed by atoms with Crippen LogP contribution in [-0.4, -0.2) is 34.9 Å². The second-order valence-electron chi connectivity index (χ2n) is 3.69. The third kappa shape index (κ3) is 2.85. The molecule has 6 heteroatoms. The lowest BCUT2D eigenvalue weighted by Crippen LogP contribution is -2.04. The van der Waals surface area contributed by atoms with Gasteiger partial charge in [0.2, 0.25) is 0 Å². The fraction of sp³-hybridized carbons (Fsp3) is 0.154. The van der Waals surface area contributed by atoms with Crippen LogP contribution in [-0.2, 0) is 9.53 Å². The van der Waals surface area contributed by atoms with Crippen molar-refractivity contribution < 1.29 is 19.4 Å². The Balaban J connectivity index is 2.44. The van der Waals surface area contributed by atoms with Crippen molar-refractivity contribution in [3.05, 3.63) is 36.0 Å². The molecule has 0 aliphatic carbocycles. The molecule has 5 nitrogen and oxygen atoms in total. The lowest BCUT2D eigenvalue weighted by atomic mass is 10.1.